The van der Waals surface area contributed by atoms with Gasteiger partial charge in [-0.25, -0.2) is 15.0 Å². The number of benzene rings is 3. The molecule has 2 aliphatic carbocycles. The van der Waals surface area contributed by atoms with Crippen molar-refractivity contribution in [3.8, 4) is 28.3 Å². The summed E-state index contributed by atoms with van der Waals surface area (Å²) < 4.78 is 5.22. The van der Waals surface area contributed by atoms with Gasteiger partial charge in [-0.1, -0.05) is 72.3 Å². The van der Waals surface area contributed by atoms with Crippen molar-refractivity contribution in [3.63, 3.8) is 0 Å². The third kappa shape index (κ3) is 10.5. The summed E-state index contributed by atoms with van der Waals surface area (Å²) in [5, 5.41) is 30.3. The summed E-state index contributed by atoms with van der Waals surface area (Å²) in [5.74, 6) is 2.60. The first-order chi connectivity index (χ1) is 24.8. The molecule has 0 amide bonds. The van der Waals surface area contributed by atoms with E-state index in [4.69, 9.17) is 32.9 Å². The smallest absolute Gasteiger partial charge is 0.229 e. The molecule has 0 atom stereocenters. The lowest BCUT2D eigenvalue weighted by Crippen LogP contribution is -2.28. The molecular formula is C39H43Cl2N7O3. The Kier molecular flexibility index (Phi) is 12.6. The topological polar surface area (TPSA) is 137 Å². The number of aromatic nitrogens is 4. The van der Waals surface area contributed by atoms with Crippen LogP contribution in [0.25, 0.3) is 22.5 Å². The van der Waals surface area contributed by atoms with Crippen LogP contribution in [-0.2, 0) is 0 Å². The van der Waals surface area contributed by atoms with Crippen molar-refractivity contribution in [1.82, 2.24) is 19.9 Å². The van der Waals surface area contributed by atoms with Crippen LogP contribution in [0.2, 0.25) is 10.3 Å². The molecule has 5 N–H and O–H groups in total. The van der Waals surface area contributed by atoms with Crippen molar-refractivity contribution in [3.05, 3.63) is 101 Å². The third-order valence-corrected chi connectivity index (χ3v) is 9.53. The predicted molar refractivity (Wildman–Crippen MR) is 205 cm³/mol. The molecule has 0 unspecified atom stereocenters. The highest BCUT2D eigenvalue weighted by Gasteiger charge is 2.21. The van der Waals surface area contributed by atoms with Crippen LogP contribution in [0, 0.1) is 0 Å². The maximum absolute atomic E-state index is 9.77. The summed E-state index contributed by atoms with van der Waals surface area (Å²) in [6, 6.07) is 29.9. The lowest BCUT2D eigenvalue weighted by atomic mass is 9.93. The van der Waals surface area contributed by atoms with Crippen LogP contribution in [0.3, 0.4) is 0 Å². The number of rotatable bonds is 9. The fraction of sp³-hybridized carbons (Fsp3) is 0.333. The lowest BCUT2D eigenvalue weighted by molar-refractivity contribution is 0.125. The van der Waals surface area contributed by atoms with Crippen LogP contribution in [0.5, 0.6) is 5.75 Å². The Morgan fingerprint density at radius 2 is 1.12 bits per heavy atom. The number of nitrogens with zero attached hydrogens (tertiary/aromatic N) is 4. The van der Waals surface area contributed by atoms with Gasteiger partial charge in [0, 0.05) is 41.0 Å². The van der Waals surface area contributed by atoms with Crippen molar-refractivity contribution < 1.29 is 14.9 Å². The molecule has 10 nitrogen and oxygen atoms in total. The molecular weight excluding hydrogens is 685 g/mol. The summed E-state index contributed by atoms with van der Waals surface area (Å²) in [7, 11) is 1.59. The standard InChI is InChI=1S/C23H25ClN4O2.C16H18ClN3O/c1-30-21-12-9-17(13-19(21)24)26-23-27-20(15-5-3-2-4-6-15)14-22(28-23)25-16-7-10-18(29)11-8-16;17-16-19-14(11-4-2-1-3-5-11)10-15(20-16)18-12-6-8-13(21)9-7-12/h2-6,9,12-14,16,18,29H,7-8,10-11H2,1H3,(H2,25,26,27,28);1-5,10,12-13,21H,6-9H2,(H,18,19,20). The molecule has 0 aliphatic heterocycles. The summed E-state index contributed by atoms with van der Waals surface area (Å²) in [4.78, 5) is 17.9. The van der Waals surface area contributed by atoms with E-state index in [1.54, 1.807) is 19.2 Å². The van der Waals surface area contributed by atoms with E-state index in [1.165, 1.54) is 0 Å². The molecule has 2 fully saturated rings. The third-order valence-electron chi connectivity index (χ3n) is 9.07. The number of halogens is 2. The minimum absolute atomic E-state index is 0.156. The van der Waals surface area contributed by atoms with Crippen LogP contribution in [0.1, 0.15) is 51.4 Å². The van der Waals surface area contributed by atoms with Crippen molar-refractivity contribution in [1.29, 1.82) is 0 Å². The Morgan fingerprint density at radius 3 is 1.63 bits per heavy atom. The average molecular weight is 729 g/mol. The van der Waals surface area contributed by atoms with Crippen molar-refractivity contribution in [2.24, 2.45) is 0 Å². The Labute approximate surface area is 308 Å². The highest BCUT2D eigenvalue weighted by Crippen LogP contribution is 2.30. The molecule has 0 saturated heterocycles. The predicted octanol–water partition coefficient (Wildman–Crippen LogP) is 8.78. The molecule has 51 heavy (non-hydrogen) atoms. The van der Waals surface area contributed by atoms with E-state index in [2.05, 4.69) is 30.9 Å². The number of hydrogen-bond donors (Lipinski definition) is 5. The minimum atomic E-state index is -0.189. The second kappa shape index (κ2) is 17.6. The fourth-order valence-electron chi connectivity index (χ4n) is 6.31. The highest BCUT2D eigenvalue weighted by molar-refractivity contribution is 6.32. The van der Waals surface area contributed by atoms with E-state index in [1.807, 2.05) is 78.9 Å². The van der Waals surface area contributed by atoms with Gasteiger partial charge < -0.3 is 30.9 Å². The van der Waals surface area contributed by atoms with Crippen LogP contribution >= 0.6 is 23.2 Å². The summed E-state index contributed by atoms with van der Waals surface area (Å²) in [6.45, 7) is 0. The maximum atomic E-state index is 9.77. The Balaban J connectivity index is 0.000000187. The SMILES string of the molecule is COc1ccc(Nc2nc(NC3CCC(O)CC3)cc(-c3ccccc3)n2)cc1Cl.OC1CCC(Nc2cc(-c3ccccc3)nc(Cl)n2)CC1. The number of aliphatic hydroxyl groups is 2. The molecule has 7 rings (SSSR count). The van der Waals surface area contributed by atoms with Gasteiger partial charge in [0.2, 0.25) is 11.2 Å². The largest absolute Gasteiger partial charge is 0.495 e. The lowest BCUT2D eigenvalue weighted by Gasteiger charge is -2.26. The van der Waals surface area contributed by atoms with E-state index in [-0.39, 0.29) is 23.5 Å². The number of nitrogens with one attached hydrogen (secondary N) is 3. The Hall–Kier alpha value is -4.48. The molecule has 2 saturated carbocycles. The Bertz CT molecular complexity index is 1850. The second-order valence-electron chi connectivity index (χ2n) is 12.9. The zero-order valence-electron chi connectivity index (χ0n) is 28.5. The zero-order chi connectivity index (χ0) is 35.6. The molecule has 3 aromatic carbocycles. The number of ether oxygens (including phenoxy) is 1. The molecule has 2 aromatic heterocycles. The van der Waals surface area contributed by atoms with Crippen molar-refractivity contribution in [2.45, 2.75) is 75.7 Å². The molecule has 12 heteroatoms. The van der Waals surface area contributed by atoms with Gasteiger partial charge in [-0.2, -0.15) is 4.98 Å². The van der Waals surface area contributed by atoms with Gasteiger partial charge in [-0.05, 0) is 81.2 Å². The van der Waals surface area contributed by atoms with Crippen molar-refractivity contribution >= 4 is 46.5 Å². The number of hydrogen-bond acceptors (Lipinski definition) is 10. The van der Waals surface area contributed by atoms with Gasteiger partial charge in [0.1, 0.15) is 17.4 Å². The molecule has 0 radical (unpaired) electrons. The van der Waals surface area contributed by atoms with Crippen molar-refractivity contribution in [2.75, 3.05) is 23.1 Å². The summed E-state index contributed by atoms with van der Waals surface area (Å²) >= 11 is 12.3. The van der Waals surface area contributed by atoms with Gasteiger partial charge >= 0.3 is 0 Å². The average Bonchev–Trinajstić information content (AvgIpc) is 3.14. The van der Waals surface area contributed by atoms with Gasteiger partial charge in [-0.3, -0.25) is 0 Å². The highest BCUT2D eigenvalue weighted by atomic mass is 35.5. The van der Waals surface area contributed by atoms with Gasteiger partial charge in [0.05, 0.1) is 35.7 Å². The molecule has 266 valence electrons. The zero-order valence-corrected chi connectivity index (χ0v) is 30.0. The summed E-state index contributed by atoms with van der Waals surface area (Å²) in [5.41, 5.74) is 4.44. The first-order valence-electron chi connectivity index (χ1n) is 17.4. The van der Waals surface area contributed by atoms with Crippen LogP contribution in [-0.4, -0.2) is 61.6 Å². The van der Waals surface area contributed by atoms with E-state index < -0.39 is 0 Å². The molecule has 0 spiro atoms. The van der Waals surface area contributed by atoms with Crippen LogP contribution in [0.4, 0.5) is 23.3 Å². The fourth-order valence-corrected chi connectivity index (χ4v) is 6.75. The number of anilines is 4. The first-order valence-corrected chi connectivity index (χ1v) is 18.1. The molecule has 0 bridgehead atoms. The molecule has 5 aromatic rings. The van der Waals surface area contributed by atoms with Gasteiger partial charge in [0.15, 0.2) is 0 Å². The monoisotopic (exact) mass is 727 g/mol. The van der Waals surface area contributed by atoms with E-state index in [0.29, 0.717) is 22.8 Å². The van der Waals surface area contributed by atoms with E-state index in [0.717, 1.165) is 91.2 Å². The first kappa shape index (κ1) is 36.3. The number of methoxy groups -OCH3 is 1. The summed E-state index contributed by atoms with van der Waals surface area (Å²) in [6.07, 6.45) is 6.68. The molecule has 2 heterocycles. The van der Waals surface area contributed by atoms with Crippen LogP contribution < -0.4 is 20.7 Å². The quantitative estimate of drug-likeness (QED) is 0.0937. The van der Waals surface area contributed by atoms with Gasteiger partial charge in [-0.15, -0.1) is 0 Å². The van der Waals surface area contributed by atoms with Gasteiger partial charge in [0.25, 0.3) is 0 Å². The molecule has 2 aliphatic rings. The minimum Gasteiger partial charge on any atom is -0.495 e. The van der Waals surface area contributed by atoms with E-state index >= 15 is 0 Å². The van der Waals surface area contributed by atoms with Crippen LogP contribution in [0.15, 0.2) is 91.0 Å². The second-order valence-corrected chi connectivity index (χ2v) is 13.6. The Morgan fingerprint density at radius 1 is 0.608 bits per heavy atom. The maximum Gasteiger partial charge on any atom is 0.229 e. The van der Waals surface area contributed by atoms with E-state index in [9.17, 15) is 10.2 Å². The normalized spacial score (nSPS) is 20.0. The number of aliphatic hydroxyl groups excluding tert-OH is 2.